The Labute approximate surface area is 159 Å². The lowest BCUT2D eigenvalue weighted by atomic mass is 10.2. The van der Waals surface area contributed by atoms with Gasteiger partial charge in [-0.2, -0.15) is 0 Å². The molecule has 0 atom stereocenters. The SMILES string of the molecule is Cc1ccc(OCC(=O)N2CCN(C(=O)OCc3ccccc3)CC2)cc1. The van der Waals surface area contributed by atoms with Crippen molar-refractivity contribution in [1.29, 1.82) is 0 Å². The molecule has 1 aliphatic rings. The molecule has 142 valence electrons. The van der Waals surface area contributed by atoms with Gasteiger partial charge >= 0.3 is 6.09 Å². The van der Waals surface area contributed by atoms with Crippen molar-refractivity contribution in [3.63, 3.8) is 0 Å². The molecule has 1 aliphatic heterocycles. The average Bonchev–Trinajstić information content (AvgIpc) is 2.72. The van der Waals surface area contributed by atoms with Gasteiger partial charge in [-0.1, -0.05) is 48.0 Å². The van der Waals surface area contributed by atoms with Crippen LogP contribution < -0.4 is 4.74 Å². The van der Waals surface area contributed by atoms with Crippen molar-refractivity contribution in [2.24, 2.45) is 0 Å². The summed E-state index contributed by atoms with van der Waals surface area (Å²) in [5, 5.41) is 0. The number of benzene rings is 2. The van der Waals surface area contributed by atoms with E-state index in [1.807, 2.05) is 61.5 Å². The lowest BCUT2D eigenvalue weighted by Crippen LogP contribution is -2.51. The zero-order valence-electron chi connectivity index (χ0n) is 15.5. The van der Waals surface area contributed by atoms with E-state index < -0.39 is 0 Å². The number of nitrogens with zero attached hydrogens (tertiary/aromatic N) is 2. The van der Waals surface area contributed by atoms with Crippen LogP contribution in [0, 0.1) is 6.92 Å². The molecule has 1 fully saturated rings. The van der Waals surface area contributed by atoms with Gasteiger partial charge in [-0.05, 0) is 24.6 Å². The van der Waals surface area contributed by atoms with Crippen LogP contribution in [0.4, 0.5) is 4.79 Å². The summed E-state index contributed by atoms with van der Waals surface area (Å²) in [6.07, 6.45) is -0.346. The Hall–Kier alpha value is -3.02. The van der Waals surface area contributed by atoms with E-state index >= 15 is 0 Å². The molecule has 2 amide bonds. The molecule has 27 heavy (non-hydrogen) atoms. The third-order valence-electron chi connectivity index (χ3n) is 4.48. The molecule has 3 rings (SSSR count). The second-order valence-electron chi connectivity index (χ2n) is 6.51. The lowest BCUT2D eigenvalue weighted by molar-refractivity contribution is -0.135. The zero-order valence-corrected chi connectivity index (χ0v) is 15.5. The maximum absolute atomic E-state index is 12.3. The van der Waals surface area contributed by atoms with Crippen LogP contribution in [0.5, 0.6) is 5.75 Å². The fourth-order valence-electron chi connectivity index (χ4n) is 2.82. The van der Waals surface area contributed by atoms with Crippen LogP contribution in [0.2, 0.25) is 0 Å². The Bertz CT molecular complexity index is 754. The monoisotopic (exact) mass is 368 g/mol. The highest BCUT2D eigenvalue weighted by Gasteiger charge is 2.25. The fourth-order valence-corrected chi connectivity index (χ4v) is 2.82. The predicted molar refractivity (Wildman–Crippen MR) is 101 cm³/mol. The maximum Gasteiger partial charge on any atom is 0.410 e. The fraction of sp³-hybridized carbons (Fsp3) is 0.333. The Kier molecular flexibility index (Phi) is 6.30. The third-order valence-corrected chi connectivity index (χ3v) is 4.48. The summed E-state index contributed by atoms with van der Waals surface area (Å²) in [7, 11) is 0. The first-order valence-electron chi connectivity index (χ1n) is 9.05. The Morgan fingerprint density at radius 3 is 2.19 bits per heavy atom. The Balaban J connectivity index is 1.39. The van der Waals surface area contributed by atoms with Crippen molar-refractivity contribution < 1.29 is 19.1 Å². The van der Waals surface area contributed by atoms with E-state index in [2.05, 4.69) is 0 Å². The highest BCUT2D eigenvalue weighted by atomic mass is 16.6. The summed E-state index contributed by atoms with van der Waals surface area (Å²) >= 11 is 0. The molecule has 2 aromatic rings. The van der Waals surface area contributed by atoms with E-state index in [4.69, 9.17) is 9.47 Å². The number of rotatable bonds is 5. The molecule has 0 aromatic heterocycles. The van der Waals surface area contributed by atoms with Gasteiger partial charge < -0.3 is 19.3 Å². The standard InChI is InChI=1S/C21H24N2O4/c1-17-7-9-19(10-8-17)26-16-20(24)22-11-13-23(14-12-22)21(25)27-15-18-5-3-2-4-6-18/h2-10H,11-16H2,1H3. The Morgan fingerprint density at radius 2 is 1.52 bits per heavy atom. The van der Waals surface area contributed by atoms with Gasteiger partial charge in [0, 0.05) is 26.2 Å². The van der Waals surface area contributed by atoms with Crippen molar-refractivity contribution in [3.05, 3.63) is 65.7 Å². The second kappa shape index (κ2) is 9.07. The van der Waals surface area contributed by atoms with Crippen LogP contribution in [-0.2, 0) is 16.1 Å². The van der Waals surface area contributed by atoms with Gasteiger partial charge in [0.25, 0.3) is 5.91 Å². The zero-order chi connectivity index (χ0) is 19.1. The van der Waals surface area contributed by atoms with Crippen molar-refractivity contribution in [3.8, 4) is 5.75 Å². The topological polar surface area (TPSA) is 59.1 Å². The molecular weight excluding hydrogens is 344 g/mol. The number of ether oxygens (including phenoxy) is 2. The predicted octanol–water partition coefficient (Wildman–Crippen LogP) is 2.85. The molecule has 0 bridgehead atoms. The van der Waals surface area contributed by atoms with Crippen LogP contribution >= 0.6 is 0 Å². The normalized spacial score (nSPS) is 14.0. The van der Waals surface area contributed by atoms with Crippen molar-refractivity contribution in [2.45, 2.75) is 13.5 Å². The van der Waals surface area contributed by atoms with Crippen molar-refractivity contribution in [2.75, 3.05) is 32.8 Å². The summed E-state index contributed by atoms with van der Waals surface area (Å²) in [6.45, 7) is 4.14. The van der Waals surface area contributed by atoms with E-state index in [1.165, 1.54) is 0 Å². The van der Waals surface area contributed by atoms with Crippen LogP contribution in [0.1, 0.15) is 11.1 Å². The number of carbonyl (C=O) groups is 2. The number of hydrogen-bond acceptors (Lipinski definition) is 4. The van der Waals surface area contributed by atoms with Crippen molar-refractivity contribution in [1.82, 2.24) is 9.80 Å². The van der Waals surface area contributed by atoms with Gasteiger partial charge in [0.15, 0.2) is 6.61 Å². The summed E-state index contributed by atoms with van der Waals surface area (Å²) in [6, 6.07) is 17.2. The number of piperazine rings is 1. The van der Waals surface area contributed by atoms with Gasteiger partial charge in [0.2, 0.25) is 0 Å². The van der Waals surface area contributed by atoms with E-state index in [1.54, 1.807) is 9.80 Å². The van der Waals surface area contributed by atoms with Crippen LogP contribution in [0.3, 0.4) is 0 Å². The average molecular weight is 368 g/mol. The van der Waals surface area contributed by atoms with Crippen molar-refractivity contribution >= 4 is 12.0 Å². The molecular formula is C21H24N2O4. The number of carbonyl (C=O) groups excluding carboxylic acids is 2. The number of aryl methyl sites for hydroxylation is 1. The lowest BCUT2D eigenvalue weighted by Gasteiger charge is -2.34. The smallest absolute Gasteiger partial charge is 0.410 e. The minimum absolute atomic E-state index is 0.00150. The first-order valence-corrected chi connectivity index (χ1v) is 9.05. The molecule has 6 heteroatoms. The Morgan fingerprint density at radius 1 is 0.889 bits per heavy atom. The summed E-state index contributed by atoms with van der Waals surface area (Å²) in [5.41, 5.74) is 2.09. The third kappa shape index (κ3) is 5.48. The first kappa shape index (κ1) is 18.8. The second-order valence-corrected chi connectivity index (χ2v) is 6.51. The number of hydrogen-bond donors (Lipinski definition) is 0. The molecule has 0 saturated carbocycles. The summed E-state index contributed by atoms with van der Waals surface area (Å²) in [5.74, 6) is 0.602. The van der Waals surface area contributed by atoms with Gasteiger partial charge in [0.1, 0.15) is 12.4 Å². The van der Waals surface area contributed by atoms with Crippen LogP contribution in [0.15, 0.2) is 54.6 Å². The molecule has 2 aromatic carbocycles. The maximum atomic E-state index is 12.3. The van der Waals surface area contributed by atoms with Gasteiger partial charge in [0.05, 0.1) is 0 Å². The molecule has 0 aliphatic carbocycles. The van der Waals surface area contributed by atoms with E-state index in [0.29, 0.717) is 31.9 Å². The van der Waals surface area contributed by atoms with E-state index in [0.717, 1.165) is 11.1 Å². The molecule has 0 unspecified atom stereocenters. The summed E-state index contributed by atoms with van der Waals surface area (Å²) in [4.78, 5) is 27.8. The minimum Gasteiger partial charge on any atom is -0.484 e. The summed E-state index contributed by atoms with van der Waals surface area (Å²) < 4.78 is 10.9. The highest BCUT2D eigenvalue weighted by molar-refractivity contribution is 5.78. The molecule has 0 N–H and O–H groups in total. The highest BCUT2D eigenvalue weighted by Crippen LogP contribution is 2.12. The quantitative estimate of drug-likeness (QED) is 0.814. The van der Waals surface area contributed by atoms with E-state index in [-0.39, 0.29) is 25.2 Å². The van der Waals surface area contributed by atoms with Crippen LogP contribution in [0.25, 0.3) is 0 Å². The van der Waals surface area contributed by atoms with Gasteiger partial charge in [-0.15, -0.1) is 0 Å². The molecule has 6 nitrogen and oxygen atoms in total. The van der Waals surface area contributed by atoms with E-state index in [9.17, 15) is 9.59 Å². The van der Waals surface area contributed by atoms with Gasteiger partial charge in [-0.25, -0.2) is 4.79 Å². The molecule has 0 spiro atoms. The van der Waals surface area contributed by atoms with Gasteiger partial charge in [-0.3, -0.25) is 4.79 Å². The largest absolute Gasteiger partial charge is 0.484 e. The minimum atomic E-state index is -0.346. The number of amides is 2. The van der Waals surface area contributed by atoms with Crippen LogP contribution in [-0.4, -0.2) is 54.6 Å². The first-order chi connectivity index (χ1) is 13.1. The molecule has 1 heterocycles. The molecule has 0 radical (unpaired) electrons. The molecule has 1 saturated heterocycles.